The minimum atomic E-state index is -0.631. The molecule has 1 saturated heterocycles. The number of nitrogens with zero attached hydrogens (tertiary/aromatic N) is 2. The van der Waals surface area contributed by atoms with Crippen LogP contribution in [-0.4, -0.2) is 52.6 Å². The topological polar surface area (TPSA) is 91.7 Å². The molecule has 0 radical (unpaired) electrons. The largest absolute Gasteiger partial charge is 0.455 e. The van der Waals surface area contributed by atoms with Gasteiger partial charge in [-0.05, 0) is 38.7 Å². The molecule has 1 fully saturated rings. The van der Waals surface area contributed by atoms with E-state index in [0.717, 1.165) is 35.1 Å². The van der Waals surface area contributed by atoms with Crippen molar-refractivity contribution in [3.05, 3.63) is 40.7 Å². The number of β-amino-alcohol motifs (C(OH)–C–C–N with tert-alkyl or cyclic N) is 1. The summed E-state index contributed by atoms with van der Waals surface area (Å²) in [5.41, 5.74) is 1.95. The van der Waals surface area contributed by atoms with E-state index in [1.807, 2.05) is 26.2 Å². The Balaban J connectivity index is 1.54. The zero-order chi connectivity index (χ0) is 18.7. The first-order chi connectivity index (χ1) is 12.5. The number of likely N-dealkylation sites (tertiary alicyclic amines) is 1. The van der Waals surface area contributed by atoms with Crippen molar-refractivity contribution >= 4 is 17.7 Å². The third kappa shape index (κ3) is 4.31. The van der Waals surface area contributed by atoms with Crippen molar-refractivity contribution in [3.8, 4) is 0 Å². The number of aliphatic hydroxyl groups is 1. The van der Waals surface area contributed by atoms with Crippen LogP contribution in [0.25, 0.3) is 0 Å². The number of rotatable bonds is 6. The number of carbonyl (C=O) groups excluding carboxylic acids is 1. The van der Waals surface area contributed by atoms with E-state index in [2.05, 4.69) is 15.4 Å². The monoisotopic (exact) mass is 379 g/mol. The maximum atomic E-state index is 12.3. The fraction of sp³-hybridized carbons (Fsp3) is 0.556. The minimum absolute atomic E-state index is 0.277. The number of hydrogen-bond donors (Lipinski definition) is 2. The van der Waals surface area contributed by atoms with E-state index < -0.39 is 6.10 Å². The second kappa shape index (κ2) is 8.28. The molecule has 0 spiro atoms. The van der Waals surface area contributed by atoms with E-state index in [0.29, 0.717) is 25.3 Å². The smallest absolute Gasteiger partial charge is 0.287 e. The maximum absolute atomic E-state index is 12.3. The Labute approximate surface area is 157 Å². The lowest BCUT2D eigenvalue weighted by molar-refractivity contribution is 0.0341. The Hall–Kier alpha value is -1.77. The lowest BCUT2D eigenvalue weighted by atomic mass is 10.0. The van der Waals surface area contributed by atoms with Crippen LogP contribution in [0.5, 0.6) is 0 Å². The van der Waals surface area contributed by atoms with Crippen LogP contribution in [0, 0.1) is 13.8 Å². The Morgan fingerprint density at radius 3 is 2.92 bits per heavy atom. The number of aromatic nitrogens is 1. The van der Waals surface area contributed by atoms with Crippen molar-refractivity contribution in [2.45, 2.75) is 44.7 Å². The van der Waals surface area contributed by atoms with Gasteiger partial charge in [-0.1, -0.05) is 5.16 Å². The molecule has 2 aromatic rings. The standard InChI is InChI=1S/C18H25N3O4S/c1-11-14(12(2)25-20-11)8-21-7-6-15(16(22)9-21)19-18(23)17-5-4-13(24-17)10-26-3/h4-5,15-16,22H,6-10H2,1-3H3,(H,19,23)/t15-,16-/m1/s1. The van der Waals surface area contributed by atoms with Crippen LogP contribution in [0.1, 0.15) is 39.8 Å². The third-order valence-corrected chi connectivity index (χ3v) is 5.29. The normalized spacial score (nSPS) is 21.1. The molecule has 0 unspecified atom stereocenters. The van der Waals surface area contributed by atoms with Crippen LogP contribution in [0.3, 0.4) is 0 Å². The van der Waals surface area contributed by atoms with Gasteiger partial charge in [0.2, 0.25) is 0 Å². The fourth-order valence-electron chi connectivity index (χ4n) is 3.22. The predicted octanol–water partition coefficient (Wildman–Crippen LogP) is 2.11. The lowest BCUT2D eigenvalue weighted by Crippen LogP contribution is -2.53. The summed E-state index contributed by atoms with van der Waals surface area (Å²) in [7, 11) is 0. The number of nitrogens with one attached hydrogen (secondary N) is 1. The maximum Gasteiger partial charge on any atom is 0.287 e. The van der Waals surface area contributed by atoms with Gasteiger partial charge in [0.1, 0.15) is 11.5 Å². The van der Waals surface area contributed by atoms with E-state index >= 15 is 0 Å². The number of thioether (sulfide) groups is 1. The van der Waals surface area contributed by atoms with Crippen LogP contribution in [0.15, 0.2) is 21.1 Å². The molecule has 26 heavy (non-hydrogen) atoms. The summed E-state index contributed by atoms with van der Waals surface area (Å²) < 4.78 is 10.7. The van der Waals surface area contributed by atoms with Crippen LogP contribution in [0.4, 0.5) is 0 Å². The molecule has 0 aliphatic carbocycles. The number of carbonyl (C=O) groups is 1. The van der Waals surface area contributed by atoms with Crippen molar-refractivity contribution in [2.75, 3.05) is 19.3 Å². The van der Waals surface area contributed by atoms with Gasteiger partial charge in [0.25, 0.3) is 5.91 Å². The summed E-state index contributed by atoms with van der Waals surface area (Å²) in [6.07, 6.45) is 2.03. The Bertz CT molecular complexity index is 738. The SMILES string of the molecule is CSCc1ccc(C(=O)N[C@@H]2CCN(Cc3c(C)noc3C)C[C@H]2O)o1. The van der Waals surface area contributed by atoms with Crippen molar-refractivity contribution in [1.29, 1.82) is 0 Å². The predicted molar refractivity (Wildman–Crippen MR) is 99.1 cm³/mol. The Morgan fingerprint density at radius 2 is 2.27 bits per heavy atom. The van der Waals surface area contributed by atoms with E-state index in [1.165, 1.54) is 0 Å². The number of amides is 1. The van der Waals surface area contributed by atoms with Crippen LogP contribution < -0.4 is 5.32 Å². The van der Waals surface area contributed by atoms with Gasteiger partial charge in [0.05, 0.1) is 23.6 Å². The molecule has 0 saturated carbocycles. The van der Waals surface area contributed by atoms with Gasteiger partial charge in [-0.25, -0.2) is 0 Å². The third-order valence-electron chi connectivity index (χ3n) is 4.72. The first-order valence-electron chi connectivity index (χ1n) is 8.68. The van der Waals surface area contributed by atoms with Crippen LogP contribution in [0.2, 0.25) is 0 Å². The van der Waals surface area contributed by atoms with Crippen molar-refractivity contribution in [2.24, 2.45) is 0 Å². The quantitative estimate of drug-likeness (QED) is 0.794. The Morgan fingerprint density at radius 1 is 1.46 bits per heavy atom. The summed E-state index contributed by atoms with van der Waals surface area (Å²) in [4.78, 5) is 14.5. The van der Waals surface area contributed by atoms with Gasteiger partial charge in [-0.2, -0.15) is 11.8 Å². The summed E-state index contributed by atoms with van der Waals surface area (Å²) in [6, 6.07) is 3.21. The second-order valence-corrected chi connectivity index (χ2v) is 7.54. The summed E-state index contributed by atoms with van der Waals surface area (Å²) in [5, 5.41) is 17.3. The van der Waals surface area contributed by atoms with Crippen molar-refractivity contribution in [1.82, 2.24) is 15.4 Å². The number of aliphatic hydroxyl groups excluding tert-OH is 1. The zero-order valence-electron chi connectivity index (χ0n) is 15.3. The van der Waals surface area contributed by atoms with Gasteiger partial charge in [-0.15, -0.1) is 0 Å². The molecule has 2 aromatic heterocycles. The average Bonchev–Trinajstić information content (AvgIpc) is 3.20. The molecule has 2 atom stereocenters. The second-order valence-electron chi connectivity index (χ2n) is 6.67. The molecule has 3 rings (SSSR count). The van der Waals surface area contributed by atoms with Crippen LogP contribution in [-0.2, 0) is 12.3 Å². The van der Waals surface area contributed by atoms with Crippen molar-refractivity contribution < 1.29 is 18.8 Å². The van der Waals surface area contributed by atoms with E-state index in [4.69, 9.17) is 8.94 Å². The van der Waals surface area contributed by atoms with E-state index in [-0.39, 0.29) is 11.9 Å². The molecule has 1 amide bonds. The van der Waals surface area contributed by atoms with Gasteiger partial charge in [-0.3, -0.25) is 9.69 Å². The molecule has 0 aromatic carbocycles. The van der Waals surface area contributed by atoms with E-state index in [9.17, 15) is 9.90 Å². The Kier molecular flexibility index (Phi) is 6.05. The molecule has 8 heteroatoms. The highest BCUT2D eigenvalue weighted by molar-refractivity contribution is 7.97. The molecular weight excluding hydrogens is 354 g/mol. The molecule has 7 nitrogen and oxygen atoms in total. The molecule has 142 valence electrons. The minimum Gasteiger partial charge on any atom is -0.455 e. The summed E-state index contributed by atoms with van der Waals surface area (Å²) >= 11 is 1.64. The lowest BCUT2D eigenvalue weighted by Gasteiger charge is -2.36. The molecule has 0 bridgehead atoms. The zero-order valence-corrected chi connectivity index (χ0v) is 16.1. The molecule has 1 aliphatic rings. The summed E-state index contributed by atoms with van der Waals surface area (Å²) in [5.74, 6) is 2.33. The highest BCUT2D eigenvalue weighted by Crippen LogP contribution is 2.20. The van der Waals surface area contributed by atoms with Gasteiger partial charge >= 0.3 is 0 Å². The number of aryl methyl sites for hydroxylation is 2. The van der Waals surface area contributed by atoms with Gasteiger partial charge in [0.15, 0.2) is 5.76 Å². The molecular formula is C18H25N3O4S. The fourth-order valence-corrected chi connectivity index (χ4v) is 3.66. The molecule has 3 heterocycles. The summed E-state index contributed by atoms with van der Waals surface area (Å²) in [6.45, 7) is 5.78. The first kappa shape index (κ1) is 19.0. The highest BCUT2D eigenvalue weighted by Gasteiger charge is 2.30. The highest BCUT2D eigenvalue weighted by atomic mass is 32.2. The molecule has 2 N–H and O–H groups in total. The van der Waals surface area contributed by atoms with Crippen molar-refractivity contribution in [3.63, 3.8) is 0 Å². The van der Waals surface area contributed by atoms with Crippen LogP contribution >= 0.6 is 11.8 Å². The average molecular weight is 379 g/mol. The van der Waals surface area contributed by atoms with Gasteiger partial charge in [0, 0.05) is 25.2 Å². The van der Waals surface area contributed by atoms with Gasteiger partial charge < -0.3 is 19.4 Å². The number of hydrogen-bond acceptors (Lipinski definition) is 7. The first-order valence-corrected chi connectivity index (χ1v) is 10.1. The van der Waals surface area contributed by atoms with E-state index in [1.54, 1.807) is 17.8 Å². The molecule has 1 aliphatic heterocycles. The number of furan rings is 1. The number of piperidine rings is 1.